The second-order valence-corrected chi connectivity index (χ2v) is 6.19. The summed E-state index contributed by atoms with van der Waals surface area (Å²) in [6.45, 7) is 1.43. The largest absolute Gasteiger partial charge is 0.379 e. The van der Waals surface area contributed by atoms with Crippen LogP contribution in [0.2, 0.25) is 0 Å². The summed E-state index contributed by atoms with van der Waals surface area (Å²) in [6.07, 6.45) is -0.667. The third-order valence-corrected chi connectivity index (χ3v) is 4.29. The van der Waals surface area contributed by atoms with Gasteiger partial charge in [-0.25, -0.2) is 0 Å². The number of benzene rings is 2. The maximum absolute atomic E-state index is 12.1. The van der Waals surface area contributed by atoms with Crippen LogP contribution in [0, 0.1) is 0 Å². The van der Waals surface area contributed by atoms with Crippen molar-refractivity contribution in [2.45, 2.75) is 17.9 Å². The van der Waals surface area contributed by atoms with Crippen molar-refractivity contribution in [3.8, 4) is 5.75 Å². The van der Waals surface area contributed by atoms with Gasteiger partial charge in [-0.1, -0.05) is 30.3 Å². The SMILES string of the molecule is COC(C(C)=O)c1ccc(OS(=O)(=O)c2ccccc2)cc1. The van der Waals surface area contributed by atoms with Gasteiger partial charge in [-0.2, -0.15) is 8.42 Å². The van der Waals surface area contributed by atoms with Crippen LogP contribution in [0.15, 0.2) is 59.5 Å². The molecule has 0 fully saturated rings. The monoisotopic (exact) mass is 320 g/mol. The van der Waals surface area contributed by atoms with Gasteiger partial charge in [0.2, 0.25) is 0 Å². The number of methoxy groups -OCH3 is 1. The van der Waals surface area contributed by atoms with Crippen LogP contribution in [-0.4, -0.2) is 21.3 Å². The highest BCUT2D eigenvalue weighted by molar-refractivity contribution is 7.87. The normalized spacial score (nSPS) is 12.6. The molecule has 2 rings (SSSR count). The first-order chi connectivity index (χ1) is 10.4. The Hall–Kier alpha value is -2.18. The number of ether oxygens (including phenoxy) is 1. The number of ketones is 1. The average molecular weight is 320 g/mol. The summed E-state index contributed by atoms with van der Waals surface area (Å²) >= 11 is 0. The first kappa shape index (κ1) is 16.2. The fraction of sp³-hybridized carbons (Fsp3) is 0.188. The molecule has 0 saturated carbocycles. The molecule has 0 bridgehead atoms. The van der Waals surface area contributed by atoms with Gasteiger partial charge in [0, 0.05) is 7.11 Å². The number of hydrogen-bond acceptors (Lipinski definition) is 5. The molecule has 22 heavy (non-hydrogen) atoms. The van der Waals surface area contributed by atoms with Crippen molar-refractivity contribution in [2.75, 3.05) is 7.11 Å². The van der Waals surface area contributed by atoms with E-state index in [0.29, 0.717) is 5.56 Å². The fourth-order valence-electron chi connectivity index (χ4n) is 2.00. The Labute approximate surface area is 129 Å². The van der Waals surface area contributed by atoms with Gasteiger partial charge in [0.1, 0.15) is 16.7 Å². The van der Waals surface area contributed by atoms with Crippen LogP contribution in [0.4, 0.5) is 0 Å². The molecule has 2 aromatic rings. The van der Waals surface area contributed by atoms with Gasteiger partial charge in [-0.05, 0) is 36.8 Å². The molecule has 0 N–H and O–H groups in total. The van der Waals surface area contributed by atoms with Crippen LogP contribution in [0.25, 0.3) is 0 Å². The molecule has 0 aromatic heterocycles. The van der Waals surface area contributed by atoms with Gasteiger partial charge in [0.05, 0.1) is 0 Å². The number of carbonyl (C=O) groups is 1. The fourth-order valence-corrected chi connectivity index (χ4v) is 2.95. The van der Waals surface area contributed by atoms with E-state index in [9.17, 15) is 13.2 Å². The molecule has 2 aromatic carbocycles. The average Bonchev–Trinajstić information content (AvgIpc) is 2.50. The Bertz CT molecular complexity index is 736. The lowest BCUT2D eigenvalue weighted by Gasteiger charge is -2.13. The minimum Gasteiger partial charge on any atom is -0.379 e. The second-order valence-electron chi connectivity index (χ2n) is 4.65. The Balaban J connectivity index is 2.20. The molecule has 0 heterocycles. The third-order valence-electron chi connectivity index (χ3n) is 3.03. The number of carbonyl (C=O) groups excluding carboxylic acids is 1. The minimum absolute atomic E-state index is 0.0811. The summed E-state index contributed by atoms with van der Waals surface area (Å²) in [7, 11) is -2.43. The molecule has 0 spiro atoms. The van der Waals surface area contributed by atoms with Crippen LogP contribution in [0.1, 0.15) is 18.6 Å². The van der Waals surface area contributed by atoms with Crippen LogP contribution < -0.4 is 4.18 Å². The summed E-state index contributed by atoms with van der Waals surface area (Å²) in [5.74, 6) is 0.0408. The topological polar surface area (TPSA) is 69.7 Å². The molecule has 0 radical (unpaired) electrons. The number of hydrogen-bond donors (Lipinski definition) is 0. The van der Waals surface area contributed by atoms with E-state index in [1.54, 1.807) is 30.3 Å². The van der Waals surface area contributed by atoms with E-state index in [0.717, 1.165) is 0 Å². The minimum atomic E-state index is -3.87. The summed E-state index contributed by atoms with van der Waals surface area (Å²) in [4.78, 5) is 11.5. The van der Waals surface area contributed by atoms with E-state index in [4.69, 9.17) is 8.92 Å². The molecular formula is C16H16O5S. The standard InChI is InChI=1S/C16H16O5S/c1-12(17)16(20-2)13-8-10-14(11-9-13)21-22(18,19)15-6-4-3-5-7-15/h3-11,16H,1-2H3. The molecule has 116 valence electrons. The van der Waals surface area contributed by atoms with Crippen LogP contribution >= 0.6 is 0 Å². The summed E-state index contributed by atoms with van der Waals surface area (Å²) < 4.78 is 34.3. The lowest BCUT2D eigenvalue weighted by Crippen LogP contribution is -2.12. The zero-order valence-electron chi connectivity index (χ0n) is 12.2. The Kier molecular flexibility index (Phi) is 4.95. The van der Waals surface area contributed by atoms with E-state index in [-0.39, 0.29) is 16.4 Å². The molecule has 0 amide bonds. The van der Waals surface area contributed by atoms with E-state index < -0.39 is 16.2 Å². The molecule has 0 aliphatic rings. The number of rotatable bonds is 6. The lowest BCUT2D eigenvalue weighted by molar-refractivity contribution is -0.126. The van der Waals surface area contributed by atoms with E-state index >= 15 is 0 Å². The molecule has 1 atom stereocenters. The Morgan fingerprint density at radius 2 is 1.59 bits per heavy atom. The highest BCUT2D eigenvalue weighted by Gasteiger charge is 2.18. The van der Waals surface area contributed by atoms with Crippen molar-refractivity contribution >= 4 is 15.9 Å². The molecule has 6 heteroatoms. The van der Waals surface area contributed by atoms with Gasteiger partial charge in [0.25, 0.3) is 0 Å². The van der Waals surface area contributed by atoms with Crippen molar-refractivity contribution in [1.29, 1.82) is 0 Å². The molecule has 0 aliphatic heterocycles. The van der Waals surface area contributed by atoms with Gasteiger partial charge in [-0.3, -0.25) is 4.79 Å². The van der Waals surface area contributed by atoms with Gasteiger partial charge in [0.15, 0.2) is 5.78 Å². The number of Topliss-reactive ketones (excluding diaryl/α,β-unsaturated/α-hetero) is 1. The molecule has 5 nitrogen and oxygen atoms in total. The Morgan fingerprint density at radius 3 is 2.09 bits per heavy atom. The van der Waals surface area contributed by atoms with E-state index in [1.807, 2.05) is 0 Å². The highest BCUT2D eigenvalue weighted by atomic mass is 32.2. The smallest absolute Gasteiger partial charge is 0.339 e. The predicted octanol–water partition coefficient (Wildman–Crippen LogP) is 2.73. The summed E-state index contributed by atoms with van der Waals surface area (Å²) in [6, 6.07) is 14.1. The second kappa shape index (κ2) is 6.72. The molecule has 0 aliphatic carbocycles. The van der Waals surface area contributed by atoms with Crippen LogP contribution in [0.5, 0.6) is 5.75 Å². The summed E-state index contributed by atoms with van der Waals surface area (Å²) in [5.41, 5.74) is 0.638. The maximum atomic E-state index is 12.1. The quantitative estimate of drug-likeness (QED) is 0.765. The van der Waals surface area contributed by atoms with Crippen molar-refractivity contribution in [2.24, 2.45) is 0 Å². The van der Waals surface area contributed by atoms with Crippen LogP contribution in [-0.2, 0) is 19.6 Å². The van der Waals surface area contributed by atoms with Crippen LogP contribution in [0.3, 0.4) is 0 Å². The molecule has 0 saturated heterocycles. The summed E-state index contributed by atoms with van der Waals surface area (Å²) in [5, 5.41) is 0. The van der Waals surface area contributed by atoms with Crippen molar-refractivity contribution in [3.05, 3.63) is 60.2 Å². The third kappa shape index (κ3) is 3.72. The van der Waals surface area contributed by atoms with Gasteiger partial charge >= 0.3 is 10.1 Å². The first-order valence-electron chi connectivity index (χ1n) is 6.57. The Morgan fingerprint density at radius 1 is 1.00 bits per heavy atom. The lowest BCUT2D eigenvalue weighted by atomic mass is 10.1. The predicted molar refractivity (Wildman–Crippen MR) is 81.1 cm³/mol. The van der Waals surface area contributed by atoms with Crippen molar-refractivity contribution < 1.29 is 22.1 Å². The van der Waals surface area contributed by atoms with Gasteiger partial charge < -0.3 is 8.92 Å². The van der Waals surface area contributed by atoms with Crippen molar-refractivity contribution in [1.82, 2.24) is 0 Å². The molecular weight excluding hydrogens is 304 g/mol. The van der Waals surface area contributed by atoms with E-state index in [1.165, 1.54) is 38.3 Å². The maximum Gasteiger partial charge on any atom is 0.339 e. The zero-order valence-corrected chi connectivity index (χ0v) is 13.0. The first-order valence-corrected chi connectivity index (χ1v) is 7.97. The zero-order chi connectivity index (χ0) is 16.2. The van der Waals surface area contributed by atoms with Gasteiger partial charge in [-0.15, -0.1) is 0 Å². The highest BCUT2D eigenvalue weighted by Crippen LogP contribution is 2.23. The van der Waals surface area contributed by atoms with Crippen molar-refractivity contribution in [3.63, 3.8) is 0 Å². The van der Waals surface area contributed by atoms with E-state index in [2.05, 4.69) is 0 Å². The molecule has 1 unspecified atom stereocenters.